The van der Waals surface area contributed by atoms with E-state index in [9.17, 15) is 14.7 Å². The minimum Gasteiger partial charge on any atom is -0.484 e. The number of carbonyl (C=O) groups is 1. The molecule has 2 N–H and O–H groups in total. The van der Waals surface area contributed by atoms with Gasteiger partial charge in [0.05, 0.1) is 23.6 Å². The number of amides is 1. The first-order valence-electron chi connectivity index (χ1n) is 9.13. The highest BCUT2D eigenvalue weighted by atomic mass is 16.5. The predicted molar refractivity (Wildman–Crippen MR) is 107 cm³/mol. The van der Waals surface area contributed by atoms with Gasteiger partial charge in [0.15, 0.2) is 12.0 Å². The van der Waals surface area contributed by atoms with Crippen LogP contribution in [0.3, 0.4) is 0 Å². The van der Waals surface area contributed by atoms with Crippen LogP contribution < -0.4 is 15.5 Å². The summed E-state index contributed by atoms with van der Waals surface area (Å²) in [5.41, 5.74) is 1.54. The molecule has 3 aromatic rings. The molecule has 6 nitrogen and oxygen atoms in total. The zero-order chi connectivity index (χ0) is 20.1. The van der Waals surface area contributed by atoms with Gasteiger partial charge >= 0.3 is 0 Å². The molecule has 28 heavy (non-hydrogen) atoms. The quantitative estimate of drug-likeness (QED) is 0.657. The van der Waals surface area contributed by atoms with E-state index in [-0.39, 0.29) is 36.5 Å². The molecule has 6 heteroatoms. The van der Waals surface area contributed by atoms with Crippen molar-refractivity contribution in [2.24, 2.45) is 5.92 Å². The van der Waals surface area contributed by atoms with Gasteiger partial charge in [0, 0.05) is 6.07 Å². The van der Waals surface area contributed by atoms with E-state index in [4.69, 9.17) is 9.15 Å². The van der Waals surface area contributed by atoms with Gasteiger partial charge in [-0.05, 0) is 23.6 Å². The van der Waals surface area contributed by atoms with Gasteiger partial charge in [0.25, 0.3) is 5.91 Å². The van der Waals surface area contributed by atoms with E-state index in [1.54, 1.807) is 18.2 Å². The zero-order valence-electron chi connectivity index (χ0n) is 15.8. The van der Waals surface area contributed by atoms with Gasteiger partial charge in [-0.15, -0.1) is 0 Å². The number of benzene rings is 2. The second-order valence-corrected chi connectivity index (χ2v) is 6.89. The molecule has 1 amide bonds. The SMILES string of the molecule is CC(C)[C@H](CO)NC(=O)COc1ccc2c(=O)c(-c3ccccc3)coc2c1. The Hall–Kier alpha value is -3.12. The molecule has 0 aliphatic rings. The van der Waals surface area contributed by atoms with Crippen LogP contribution in [0, 0.1) is 5.92 Å². The van der Waals surface area contributed by atoms with E-state index in [1.165, 1.54) is 6.26 Å². The number of rotatable bonds is 7. The predicted octanol–water partition coefficient (Wildman–Crippen LogP) is 2.97. The molecule has 0 aliphatic heterocycles. The van der Waals surface area contributed by atoms with E-state index in [0.29, 0.717) is 22.3 Å². The smallest absolute Gasteiger partial charge is 0.258 e. The Morgan fingerprint density at radius 1 is 1.18 bits per heavy atom. The maximum Gasteiger partial charge on any atom is 0.258 e. The largest absolute Gasteiger partial charge is 0.484 e. The molecular weight excluding hydrogens is 358 g/mol. The second-order valence-electron chi connectivity index (χ2n) is 6.89. The molecule has 0 bridgehead atoms. The van der Waals surface area contributed by atoms with Crippen LogP contribution in [0.5, 0.6) is 5.75 Å². The molecule has 0 saturated carbocycles. The molecule has 0 unspecified atom stereocenters. The summed E-state index contributed by atoms with van der Waals surface area (Å²) >= 11 is 0. The van der Waals surface area contributed by atoms with Crippen molar-refractivity contribution < 1.29 is 19.1 Å². The van der Waals surface area contributed by atoms with Crippen LogP contribution in [0.25, 0.3) is 22.1 Å². The third kappa shape index (κ3) is 4.40. The number of hydrogen-bond acceptors (Lipinski definition) is 5. The van der Waals surface area contributed by atoms with Crippen LogP contribution in [0.1, 0.15) is 13.8 Å². The molecule has 1 heterocycles. The summed E-state index contributed by atoms with van der Waals surface area (Å²) in [6.07, 6.45) is 1.44. The van der Waals surface area contributed by atoms with Crippen molar-refractivity contribution in [2.45, 2.75) is 19.9 Å². The average molecular weight is 381 g/mol. The third-order valence-electron chi connectivity index (χ3n) is 4.55. The number of carbonyl (C=O) groups excluding carboxylic acids is 1. The number of fused-ring (bicyclic) bond motifs is 1. The monoisotopic (exact) mass is 381 g/mol. The highest BCUT2D eigenvalue weighted by molar-refractivity contribution is 5.83. The van der Waals surface area contributed by atoms with Crippen molar-refractivity contribution in [3.05, 3.63) is 65.0 Å². The zero-order valence-corrected chi connectivity index (χ0v) is 15.8. The Morgan fingerprint density at radius 3 is 2.61 bits per heavy atom. The minimum absolute atomic E-state index is 0.114. The van der Waals surface area contributed by atoms with Gasteiger partial charge in [-0.2, -0.15) is 0 Å². The molecule has 3 rings (SSSR count). The lowest BCUT2D eigenvalue weighted by Crippen LogP contribution is -2.43. The van der Waals surface area contributed by atoms with E-state index in [2.05, 4.69) is 5.32 Å². The molecule has 146 valence electrons. The van der Waals surface area contributed by atoms with Crippen molar-refractivity contribution in [1.29, 1.82) is 0 Å². The molecular formula is C22H23NO5. The van der Waals surface area contributed by atoms with Crippen molar-refractivity contribution >= 4 is 16.9 Å². The highest BCUT2D eigenvalue weighted by Gasteiger charge is 2.15. The van der Waals surface area contributed by atoms with E-state index in [0.717, 1.165) is 5.56 Å². The standard InChI is InChI=1S/C22H23NO5/c1-14(2)19(11-24)23-21(25)13-27-16-8-9-17-20(10-16)28-12-18(22(17)26)15-6-4-3-5-7-15/h3-10,12,14,19,24H,11,13H2,1-2H3,(H,23,25)/t19-/m0/s1. The molecule has 0 saturated heterocycles. The molecule has 0 aliphatic carbocycles. The van der Waals surface area contributed by atoms with E-state index >= 15 is 0 Å². The maximum absolute atomic E-state index is 12.7. The molecule has 0 fully saturated rings. The first-order valence-corrected chi connectivity index (χ1v) is 9.13. The van der Waals surface area contributed by atoms with Crippen molar-refractivity contribution in [2.75, 3.05) is 13.2 Å². The van der Waals surface area contributed by atoms with Crippen LogP contribution >= 0.6 is 0 Å². The average Bonchev–Trinajstić information content (AvgIpc) is 2.71. The maximum atomic E-state index is 12.7. The molecule has 0 radical (unpaired) electrons. The fraction of sp³-hybridized carbons (Fsp3) is 0.273. The lowest BCUT2D eigenvalue weighted by atomic mass is 10.1. The topological polar surface area (TPSA) is 88.8 Å². The minimum atomic E-state index is -0.325. The van der Waals surface area contributed by atoms with Gasteiger partial charge < -0.3 is 19.6 Å². The summed E-state index contributed by atoms with van der Waals surface area (Å²) in [4.78, 5) is 24.7. The van der Waals surface area contributed by atoms with Crippen LogP contribution in [0.4, 0.5) is 0 Å². The third-order valence-corrected chi connectivity index (χ3v) is 4.55. The number of ether oxygens (including phenoxy) is 1. The first kappa shape index (κ1) is 19.6. The number of aliphatic hydroxyl groups is 1. The van der Waals surface area contributed by atoms with E-state index in [1.807, 2.05) is 44.2 Å². The van der Waals surface area contributed by atoms with Crippen molar-refractivity contribution in [1.82, 2.24) is 5.32 Å². The normalized spacial score (nSPS) is 12.1. The summed E-state index contributed by atoms with van der Waals surface area (Å²) in [5.74, 6) is 0.208. The van der Waals surface area contributed by atoms with Crippen LogP contribution in [-0.4, -0.2) is 30.3 Å². The first-order chi connectivity index (χ1) is 13.5. The van der Waals surface area contributed by atoms with Crippen LogP contribution in [0.15, 0.2) is 64.0 Å². The number of aliphatic hydroxyl groups excluding tert-OH is 1. The fourth-order valence-corrected chi connectivity index (χ4v) is 2.84. The summed E-state index contributed by atoms with van der Waals surface area (Å²) in [6, 6.07) is 13.8. The van der Waals surface area contributed by atoms with Crippen LogP contribution in [0.2, 0.25) is 0 Å². The van der Waals surface area contributed by atoms with Crippen molar-refractivity contribution in [3.8, 4) is 16.9 Å². The molecule has 0 spiro atoms. The number of hydrogen-bond donors (Lipinski definition) is 2. The highest BCUT2D eigenvalue weighted by Crippen LogP contribution is 2.23. The van der Waals surface area contributed by atoms with Crippen molar-refractivity contribution in [3.63, 3.8) is 0 Å². The Labute approximate surface area is 162 Å². The second kappa shape index (κ2) is 8.71. The fourth-order valence-electron chi connectivity index (χ4n) is 2.84. The van der Waals surface area contributed by atoms with Gasteiger partial charge in [0.2, 0.25) is 0 Å². The van der Waals surface area contributed by atoms with Gasteiger partial charge in [-0.3, -0.25) is 9.59 Å². The summed E-state index contributed by atoms with van der Waals surface area (Å²) in [5, 5.41) is 12.4. The molecule has 1 aromatic heterocycles. The molecule has 2 aromatic carbocycles. The van der Waals surface area contributed by atoms with E-state index < -0.39 is 0 Å². The lowest BCUT2D eigenvalue weighted by Gasteiger charge is -2.19. The summed E-state index contributed by atoms with van der Waals surface area (Å²) < 4.78 is 11.1. The summed E-state index contributed by atoms with van der Waals surface area (Å²) in [6.45, 7) is 3.50. The Kier molecular flexibility index (Phi) is 6.11. The Morgan fingerprint density at radius 2 is 1.93 bits per heavy atom. The van der Waals surface area contributed by atoms with Gasteiger partial charge in [-0.1, -0.05) is 44.2 Å². The van der Waals surface area contributed by atoms with Gasteiger partial charge in [-0.25, -0.2) is 0 Å². The number of nitrogens with one attached hydrogen (secondary N) is 1. The van der Waals surface area contributed by atoms with Crippen LogP contribution in [-0.2, 0) is 4.79 Å². The summed E-state index contributed by atoms with van der Waals surface area (Å²) in [7, 11) is 0. The lowest BCUT2D eigenvalue weighted by molar-refractivity contribution is -0.124. The Balaban J connectivity index is 1.75. The Bertz CT molecular complexity index is 1010. The molecule has 1 atom stereocenters. The van der Waals surface area contributed by atoms with Gasteiger partial charge in [0.1, 0.15) is 17.6 Å².